The molecule has 1 heterocycles. The minimum atomic E-state index is -0.495. The van der Waals surface area contributed by atoms with Crippen LogP contribution in [0.5, 0.6) is 0 Å². The normalized spacial score (nSPS) is 11.0. The number of halogens is 1. The van der Waals surface area contributed by atoms with Crippen LogP contribution in [-0.4, -0.2) is 37.6 Å². The van der Waals surface area contributed by atoms with Gasteiger partial charge in [-0.05, 0) is 12.1 Å². The van der Waals surface area contributed by atoms with E-state index in [4.69, 9.17) is 11.6 Å². The molecule has 0 aliphatic rings. The van der Waals surface area contributed by atoms with Crippen molar-refractivity contribution in [3.05, 3.63) is 69.2 Å². The largest absolute Gasteiger partial charge is 0.305 e. The minimum Gasteiger partial charge on any atom is -0.305 e. The number of rotatable bonds is 7. The van der Waals surface area contributed by atoms with Crippen molar-refractivity contribution in [1.29, 1.82) is 0 Å². The topological polar surface area (TPSA) is 115 Å². The van der Waals surface area contributed by atoms with Gasteiger partial charge < -0.3 is 4.57 Å². The number of nitro groups is 1. The number of hydrogen-bond acceptors (Lipinski definition) is 7. The van der Waals surface area contributed by atoms with Crippen molar-refractivity contribution in [2.75, 3.05) is 5.75 Å². The van der Waals surface area contributed by atoms with Gasteiger partial charge in [-0.25, -0.2) is 5.43 Å². The van der Waals surface area contributed by atoms with Crippen LogP contribution < -0.4 is 5.43 Å². The summed E-state index contributed by atoms with van der Waals surface area (Å²) in [4.78, 5) is 22.3. The number of nitro benzene ring substituents is 1. The monoisotopic (exact) mass is 430 g/mol. The highest BCUT2D eigenvalue weighted by Gasteiger charge is 2.13. The van der Waals surface area contributed by atoms with E-state index in [0.29, 0.717) is 21.6 Å². The summed E-state index contributed by atoms with van der Waals surface area (Å²) >= 11 is 7.22. The third-order valence-corrected chi connectivity index (χ3v) is 4.99. The second-order valence-corrected chi connectivity index (χ2v) is 7.19. The van der Waals surface area contributed by atoms with Gasteiger partial charge in [0.1, 0.15) is 0 Å². The van der Waals surface area contributed by atoms with Gasteiger partial charge in [0.15, 0.2) is 11.0 Å². The zero-order valence-electron chi connectivity index (χ0n) is 15.2. The first-order valence-electron chi connectivity index (χ1n) is 8.28. The summed E-state index contributed by atoms with van der Waals surface area (Å²) in [7, 11) is 1.80. The molecule has 0 saturated heterocycles. The van der Waals surface area contributed by atoms with Gasteiger partial charge in [-0.3, -0.25) is 14.9 Å². The highest BCUT2D eigenvalue weighted by atomic mass is 35.5. The molecule has 0 aliphatic carbocycles. The Kier molecular flexibility index (Phi) is 6.57. The molecule has 1 N–H and O–H groups in total. The van der Waals surface area contributed by atoms with E-state index < -0.39 is 4.92 Å². The average Bonchev–Trinajstić information content (AvgIpc) is 3.07. The van der Waals surface area contributed by atoms with Crippen molar-refractivity contribution in [3.8, 4) is 11.4 Å². The van der Waals surface area contributed by atoms with E-state index in [2.05, 4.69) is 20.7 Å². The van der Waals surface area contributed by atoms with Crippen LogP contribution in [0.3, 0.4) is 0 Å². The smallest absolute Gasteiger partial charge is 0.270 e. The number of hydrazone groups is 1. The number of aromatic nitrogens is 3. The van der Waals surface area contributed by atoms with Gasteiger partial charge in [0.25, 0.3) is 11.6 Å². The summed E-state index contributed by atoms with van der Waals surface area (Å²) in [5, 5.41) is 24.0. The molecule has 0 spiro atoms. The summed E-state index contributed by atoms with van der Waals surface area (Å²) in [5.41, 5.74) is 3.66. The van der Waals surface area contributed by atoms with Gasteiger partial charge in [0.05, 0.1) is 16.9 Å². The van der Waals surface area contributed by atoms with Gasteiger partial charge in [-0.15, -0.1) is 10.2 Å². The molecule has 0 bridgehead atoms. The fraction of sp³-hybridized carbons (Fsp3) is 0.111. The third-order valence-electron chi connectivity index (χ3n) is 3.73. The molecule has 3 rings (SSSR count). The molecule has 0 radical (unpaired) electrons. The molecular weight excluding hydrogens is 416 g/mol. The Morgan fingerprint density at radius 2 is 2.10 bits per heavy atom. The van der Waals surface area contributed by atoms with Gasteiger partial charge in [0, 0.05) is 35.3 Å². The number of benzene rings is 2. The molecule has 0 unspecified atom stereocenters. The Balaban J connectivity index is 1.56. The Bertz CT molecular complexity index is 1080. The summed E-state index contributed by atoms with van der Waals surface area (Å²) in [6, 6.07) is 13.2. The standard InChI is InChI=1S/C18H15ClN6O3S/c1-24-17(13-5-3-6-14(19)9-13)22-23-18(24)29-11-16(26)21-20-10-12-4-2-7-15(8-12)25(27)28/h2-10H,11H2,1H3,(H,21,26)/b20-10-. The molecule has 2 aromatic carbocycles. The number of non-ortho nitro benzene ring substituents is 1. The molecule has 0 atom stereocenters. The van der Waals surface area contributed by atoms with Crippen molar-refractivity contribution in [2.24, 2.45) is 12.1 Å². The molecular formula is C18H15ClN6O3S. The lowest BCUT2D eigenvalue weighted by molar-refractivity contribution is -0.384. The second kappa shape index (κ2) is 9.30. The molecule has 148 valence electrons. The number of hydrogen-bond donors (Lipinski definition) is 1. The van der Waals surface area contributed by atoms with Gasteiger partial charge in [-0.2, -0.15) is 5.10 Å². The number of carbonyl (C=O) groups is 1. The summed E-state index contributed by atoms with van der Waals surface area (Å²) in [6.07, 6.45) is 1.34. The molecule has 3 aromatic rings. The van der Waals surface area contributed by atoms with Crippen molar-refractivity contribution in [1.82, 2.24) is 20.2 Å². The van der Waals surface area contributed by atoms with E-state index in [-0.39, 0.29) is 17.3 Å². The molecule has 0 saturated carbocycles. The maximum atomic E-state index is 12.0. The number of nitrogens with zero attached hydrogens (tertiary/aromatic N) is 5. The average molecular weight is 431 g/mol. The Morgan fingerprint density at radius 1 is 1.31 bits per heavy atom. The van der Waals surface area contributed by atoms with Crippen molar-refractivity contribution >= 4 is 41.2 Å². The van der Waals surface area contributed by atoms with Crippen LogP contribution in [0.15, 0.2) is 58.8 Å². The summed E-state index contributed by atoms with van der Waals surface area (Å²) in [5.74, 6) is 0.372. The molecule has 1 amide bonds. The van der Waals surface area contributed by atoms with Crippen molar-refractivity contribution in [3.63, 3.8) is 0 Å². The lowest BCUT2D eigenvalue weighted by Gasteiger charge is -2.04. The predicted molar refractivity (Wildman–Crippen MR) is 111 cm³/mol. The maximum Gasteiger partial charge on any atom is 0.270 e. The van der Waals surface area contributed by atoms with E-state index in [1.54, 1.807) is 35.9 Å². The van der Waals surface area contributed by atoms with E-state index in [1.807, 2.05) is 12.1 Å². The van der Waals surface area contributed by atoms with Gasteiger partial charge in [0.2, 0.25) is 0 Å². The lowest BCUT2D eigenvalue weighted by Crippen LogP contribution is -2.19. The number of amides is 1. The molecule has 1 aromatic heterocycles. The molecule has 0 aliphatic heterocycles. The van der Waals surface area contributed by atoms with Crippen LogP contribution >= 0.6 is 23.4 Å². The molecule has 0 fully saturated rings. The first-order valence-corrected chi connectivity index (χ1v) is 9.65. The highest BCUT2D eigenvalue weighted by molar-refractivity contribution is 7.99. The van der Waals surface area contributed by atoms with Crippen LogP contribution in [0, 0.1) is 10.1 Å². The van der Waals surface area contributed by atoms with Crippen LogP contribution in [0.1, 0.15) is 5.56 Å². The van der Waals surface area contributed by atoms with Crippen LogP contribution in [0.4, 0.5) is 5.69 Å². The summed E-state index contributed by atoms with van der Waals surface area (Å²) < 4.78 is 1.77. The molecule has 29 heavy (non-hydrogen) atoms. The van der Waals surface area contributed by atoms with Crippen LogP contribution in [-0.2, 0) is 11.8 Å². The minimum absolute atomic E-state index is 0.0476. The Labute approximate surface area is 174 Å². The zero-order chi connectivity index (χ0) is 20.8. The Hall–Kier alpha value is -3.24. The van der Waals surface area contributed by atoms with E-state index in [9.17, 15) is 14.9 Å². The first kappa shape index (κ1) is 20.5. The SMILES string of the molecule is Cn1c(SCC(=O)N/N=C\c2cccc([N+](=O)[O-])c2)nnc1-c1cccc(Cl)c1. The van der Waals surface area contributed by atoms with E-state index in [0.717, 1.165) is 5.56 Å². The fourth-order valence-corrected chi connectivity index (χ4v) is 3.27. The van der Waals surface area contributed by atoms with E-state index >= 15 is 0 Å². The van der Waals surface area contributed by atoms with Gasteiger partial charge in [-0.1, -0.05) is 47.6 Å². The third kappa shape index (κ3) is 5.39. The zero-order valence-corrected chi connectivity index (χ0v) is 16.7. The Morgan fingerprint density at radius 3 is 2.86 bits per heavy atom. The second-order valence-electron chi connectivity index (χ2n) is 5.81. The molecule has 11 heteroatoms. The number of nitrogens with one attached hydrogen (secondary N) is 1. The van der Waals surface area contributed by atoms with Crippen LogP contribution in [0.2, 0.25) is 5.02 Å². The first-order chi connectivity index (χ1) is 13.9. The quantitative estimate of drug-likeness (QED) is 0.266. The highest BCUT2D eigenvalue weighted by Crippen LogP contribution is 2.24. The van der Waals surface area contributed by atoms with Crippen molar-refractivity contribution in [2.45, 2.75) is 5.16 Å². The fourth-order valence-electron chi connectivity index (χ4n) is 2.38. The van der Waals surface area contributed by atoms with Gasteiger partial charge >= 0.3 is 0 Å². The maximum absolute atomic E-state index is 12.0. The van der Waals surface area contributed by atoms with Crippen LogP contribution in [0.25, 0.3) is 11.4 Å². The number of thioether (sulfide) groups is 1. The van der Waals surface area contributed by atoms with E-state index in [1.165, 1.54) is 30.1 Å². The summed E-state index contributed by atoms with van der Waals surface area (Å²) in [6.45, 7) is 0. The number of carbonyl (C=O) groups excluding carboxylic acids is 1. The van der Waals surface area contributed by atoms with Crippen molar-refractivity contribution < 1.29 is 9.72 Å². The predicted octanol–water partition coefficient (Wildman–Crippen LogP) is 3.29. The lowest BCUT2D eigenvalue weighted by atomic mass is 10.2. The molecule has 9 nitrogen and oxygen atoms in total.